The highest BCUT2D eigenvalue weighted by Crippen LogP contribution is 2.26. The Morgan fingerprint density at radius 2 is 1.73 bits per heavy atom. The van der Waals surface area contributed by atoms with Gasteiger partial charge in [-0.1, -0.05) is 55.5 Å². The van der Waals surface area contributed by atoms with Crippen LogP contribution in [0.5, 0.6) is 0 Å². The molecule has 1 atom stereocenters. The van der Waals surface area contributed by atoms with Crippen molar-refractivity contribution in [3.8, 4) is 0 Å². The number of carbonyl (C=O) groups excluding carboxylic acids is 1. The fourth-order valence-electron chi connectivity index (χ4n) is 3.86. The molecule has 4 aromatic rings. The fourth-order valence-corrected chi connectivity index (χ4v) is 4.93. The van der Waals surface area contributed by atoms with E-state index in [2.05, 4.69) is 10.0 Å². The predicted molar refractivity (Wildman–Crippen MR) is 129 cm³/mol. The molecule has 0 aliphatic carbocycles. The lowest BCUT2D eigenvalue weighted by Crippen LogP contribution is -2.32. The number of nitrogens with one attached hydrogen (secondary N) is 2. The number of nitrogens with zero attached hydrogens (tertiary/aromatic N) is 2. The average Bonchev–Trinajstić information content (AvgIpc) is 3.14. The van der Waals surface area contributed by atoms with Crippen LogP contribution in [0, 0.1) is 6.92 Å². The van der Waals surface area contributed by atoms with Gasteiger partial charge < -0.3 is 9.88 Å². The number of amides is 1. The largest absolute Gasteiger partial charge is 0.338 e. The monoisotopic (exact) mass is 462 g/mol. The standard InChI is InChI=1S/C25H26N4O3S/c1-4-26-33(31,32)19-15-14-17(2)20(16-19)25(30)28-23(18-10-6-5-7-11-18)24-27-21-12-8-9-13-22(21)29(24)3/h5-16,23,26H,4H2,1-3H3,(H,28,30). The minimum Gasteiger partial charge on any atom is -0.338 e. The van der Waals surface area contributed by atoms with E-state index in [9.17, 15) is 13.2 Å². The van der Waals surface area contributed by atoms with Gasteiger partial charge in [0.05, 0.1) is 15.9 Å². The van der Waals surface area contributed by atoms with E-state index in [-0.39, 0.29) is 17.3 Å². The molecule has 1 amide bonds. The highest BCUT2D eigenvalue weighted by Gasteiger charge is 2.25. The number of hydrogen-bond acceptors (Lipinski definition) is 4. The first kappa shape index (κ1) is 22.7. The summed E-state index contributed by atoms with van der Waals surface area (Å²) in [5.74, 6) is 0.312. The van der Waals surface area contributed by atoms with Crippen LogP contribution in [-0.2, 0) is 17.1 Å². The van der Waals surface area contributed by atoms with Crippen molar-refractivity contribution in [1.82, 2.24) is 19.6 Å². The van der Waals surface area contributed by atoms with Gasteiger partial charge in [0.2, 0.25) is 10.0 Å². The van der Waals surface area contributed by atoms with E-state index in [0.29, 0.717) is 17.0 Å². The number of aryl methyl sites for hydroxylation is 2. The minimum absolute atomic E-state index is 0.0547. The Kier molecular flexibility index (Phi) is 6.31. The van der Waals surface area contributed by atoms with Crippen molar-refractivity contribution in [1.29, 1.82) is 0 Å². The van der Waals surface area contributed by atoms with Crippen molar-refractivity contribution in [3.63, 3.8) is 0 Å². The Bertz CT molecular complexity index is 1410. The Morgan fingerprint density at radius 3 is 2.42 bits per heavy atom. The molecule has 7 nitrogen and oxygen atoms in total. The number of hydrogen-bond donors (Lipinski definition) is 2. The predicted octanol–water partition coefficient (Wildman–Crippen LogP) is 3.70. The van der Waals surface area contributed by atoms with E-state index in [1.165, 1.54) is 12.1 Å². The molecule has 1 aromatic heterocycles. The summed E-state index contributed by atoms with van der Waals surface area (Å²) in [6.45, 7) is 3.76. The Morgan fingerprint density at radius 1 is 1.03 bits per heavy atom. The molecule has 2 N–H and O–H groups in total. The lowest BCUT2D eigenvalue weighted by molar-refractivity contribution is 0.0940. The molecule has 0 aliphatic rings. The molecule has 4 rings (SSSR count). The van der Waals surface area contributed by atoms with E-state index < -0.39 is 16.1 Å². The number of benzene rings is 3. The second-order valence-electron chi connectivity index (χ2n) is 7.81. The molecule has 0 bridgehead atoms. The minimum atomic E-state index is -3.69. The molecule has 3 aromatic carbocycles. The van der Waals surface area contributed by atoms with E-state index in [4.69, 9.17) is 4.98 Å². The van der Waals surface area contributed by atoms with E-state index in [0.717, 1.165) is 16.6 Å². The Hall–Kier alpha value is -3.49. The topological polar surface area (TPSA) is 93.1 Å². The summed E-state index contributed by atoms with van der Waals surface area (Å²) in [5, 5.41) is 3.08. The van der Waals surface area contributed by atoms with Gasteiger partial charge in [0.25, 0.3) is 5.91 Å². The third-order valence-electron chi connectivity index (χ3n) is 5.59. The molecule has 1 unspecified atom stereocenters. The highest BCUT2D eigenvalue weighted by atomic mass is 32.2. The molecule has 8 heteroatoms. The Labute approximate surface area is 193 Å². The molecular weight excluding hydrogens is 436 g/mol. The number of carbonyl (C=O) groups is 1. The number of para-hydroxylation sites is 2. The molecule has 33 heavy (non-hydrogen) atoms. The zero-order valence-electron chi connectivity index (χ0n) is 18.7. The summed E-state index contributed by atoms with van der Waals surface area (Å²) in [4.78, 5) is 18.3. The number of sulfonamides is 1. The molecule has 0 aliphatic heterocycles. The maximum absolute atomic E-state index is 13.4. The van der Waals surface area contributed by atoms with Gasteiger partial charge in [-0.05, 0) is 42.3 Å². The molecular formula is C25H26N4O3S. The van der Waals surface area contributed by atoms with Gasteiger partial charge in [0.1, 0.15) is 11.9 Å². The van der Waals surface area contributed by atoms with Crippen molar-refractivity contribution in [2.45, 2.75) is 24.8 Å². The van der Waals surface area contributed by atoms with Crippen LogP contribution in [0.3, 0.4) is 0 Å². The quantitative estimate of drug-likeness (QED) is 0.438. The van der Waals surface area contributed by atoms with Crippen LogP contribution >= 0.6 is 0 Å². The van der Waals surface area contributed by atoms with E-state index >= 15 is 0 Å². The summed E-state index contributed by atoms with van der Waals surface area (Å²) >= 11 is 0. The first-order valence-corrected chi connectivity index (χ1v) is 12.2. The number of rotatable bonds is 7. The summed E-state index contributed by atoms with van der Waals surface area (Å²) < 4.78 is 29.4. The van der Waals surface area contributed by atoms with Gasteiger partial charge in [-0.15, -0.1) is 0 Å². The van der Waals surface area contributed by atoms with Crippen LogP contribution in [-0.4, -0.2) is 30.4 Å². The van der Waals surface area contributed by atoms with Crippen LogP contribution < -0.4 is 10.0 Å². The first-order chi connectivity index (χ1) is 15.8. The maximum atomic E-state index is 13.4. The fraction of sp³-hybridized carbons (Fsp3) is 0.200. The summed E-state index contributed by atoms with van der Waals surface area (Å²) in [6, 6.07) is 21.4. The van der Waals surface area contributed by atoms with Gasteiger partial charge in [-0.25, -0.2) is 18.1 Å². The normalized spacial score (nSPS) is 12.6. The lowest BCUT2D eigenvalue weighted by atomic mass is 10.0. The highest BCUT2D eigenvalue weighted by molar-refractivity contribution is 7.89. The van der Waals surface area contributed by atoms with Crippen LogP contribution in [0.15, 0.2) is 77.7 Å². The third kappa shape index (κ3) is 4.53. The van der Waals surface area contributed by atoms with Gasteiger partial charge in [-0.2, -0.15) is 0 Å². The molecule has 0 fully saturated rings. The smallest absolute Gasteiger partial charge is 0.252 e. The second kappa shape index (κ2) is 9.17. The van der Waals surface area contributed by atoms with Crippen LogP contribution in [0.1, 0.15) is 40.3 Å². The second-order valence-corrected chi connectivity index (χ2v) is 9.58. The molecule has 0 saturated carbocycles. The van der Waals surface area contributed by atoms with E-state index in [1.807, 2.05) is 66.2 Å². The number of aromatic nitrogens is 2. The van der Waals surface area contributed by atoms with Crippen LogP contribution in [0.4, 0.5) is 0 Å². The van der Waals surface area contributed by atoms with Crippen LogP contribution in [0.2, 0.25) is 0 Å². The van der Waals surface area contributed by atoms with Crippen LogP contribution in [0.25, 0.3) is 11.0 Å². The SMILES string of the molecule is CCNS(=O)(=O)c1ccc(C)c(C(=O)NC(c2ccccc2)c2nc3ccccc3n2C)c1. The number of imidazole rings is 1. The summed E-state index contributed by atoms with van der Waals surface area (Å²) in [6.07, 6.45) is 0. The zero-order chi connectivity index (χ0) is 23.6. The van der Waals surface area contributed by atoms with Gasteiger partial charge in [0.15, 0.2) is 0 Å². The average molecular weight is 463 g/mol. The van der Waals surface area contributed by atoms with Crippen molar-refractivity contribution in [2.75, 3.05) is 6.54 Å². The third-order valence-corrected chi connectivity index (χ3v) is 7.13. The summed E-state index contributed by atoms with van der Waals surface area (Å²) in [7, 11) is -1.77. The van der Waals surface area contributed by atoms with Gasteiger partial charge in [0, 0.05) is 19.2 Å². The Balaban J connectivity index is 1.76. The van der Waals surface area contributed by atoms with Gasteiger partial charge >= 0.3 is 0 Å². The molecule has 1 heterocycles. The van der Waals surface area contributed by atoms with E-state index in [1.54, 1.807) is 19.9 Å². The first-order valence-electron chi connectivity index (χ1n) is 10.7. The molecule has 0 saturated heterocycles. The zero-order valence-corrected chi connectivity index (χ0v) is 19.6. The van der Waals surface area contributed by atoms with Crippen molar-refractivity contribution < 1.29 is 13.2 Å². The molecule has 0 spiro atoms. The lowest BCUT2D eigenvalue weighted by Gasteiger charge is -2.20. The molecule has 0 radical (unpaired) electrons. The maximum Gasteiger partial charge on any atom is 0.252 e. The molecule has 170 valence electrons. The van der Waals surface area contributed by atoms with Crippen molar-refractivity contribution in [2.24, 2.45) is 7.05 Å². The number of fused-ring (bicyclic) bond motifs is 1. The van der Waals surface area contributed by atoms with Crippen molar-refractivity contribution in [3.05, 3.63) is 95.3 Å². The summed E-state index contributed by atoms with van der Waals surface area (Å²) in [5.41, 5.74) is 3.64. The van der Waals surface area contributed by atoms with Crippen molar-refractivity contribution >= 4 is 27.0 Å². The van der Waals surface area contributed by atoms with Gasteiger partial charge in [-0.3, -0.25) is 4.79 Å².